The van der Waals surface area contributed by atoms with Gasteiger partial charge in [0.05, 0.1) is 34.5 Å². The summed E-state index contributed by atoms with van der Waals surface area (Å²) in [5.74, 6) is -0.272. The highest BCUT2D eigenvalue weighted by Gasteiger charge is 2.17. The van der Waals surface area contributed by atoms with Crippen molar-refractivity contribution in [3.63, 3.8) is 0 Å². The average Bonchev–Trinajstić information content (AvgIpc) is 3.34. The smallest absolute Gasteiger partial charge is 0.268 e. The van der Waals surface area contributed by atoms with Gasteiger partial charge in [-0.1, -0.05) is 25.1 Å². The molecule has 34 heavy (non-hydrogen) atoms. The van der Waals surface area contributed by atoms with Crippen LogP contribution in [0.2, 0.25) is 0 Å². The summed E-state index contributed by atoms with van der Waals surface area (Å²) in [6.07, 6.45) is 3.56. The Bertz CT molecular complexity index is 1300. The maximum atomic E-state index is 14.5. The summed E-state index contributed by atoms with van der Waals surface area (Å²) in [7, 11) is 0.581. The number of nitrogens with zero attached hydrogens (tertiary/aromatic N) is 4. The Morgan fingerprint density at radius 1 is 1.09 bits per heavy atom. The molecule has 0 saturated carbocycles. The van der Waals surface area contributed by atoms with Crippen LogP contribution in [-0.4, -0.2) is 48.4 Å². The van der Waals surface area contributed by atoms with Crippen LogP contribution in [0.1, 0.15) is 18.9 Å². The van der Waals surface area contributed by atoms with Gasteiger partial charge in [0.15, 0.2) is 0 Å². The lowest BCUT2D eigenvalue weighted by Crippen LogP contribution is -2.12. The first-order chi connectivity index (χ1) is 16.5. The number of hydrogen-bond acceptors (Lipinski definition) is 8. The minimum Gasteiger partial charge on any atom is -0.414 e. The fourth-order valence-corrected chi connectivity index (χ4v) is 4.56. The first kappa shape index (κ1) is 23.8. The molecule has 0 bridgehead atoms. The van der Waals surface area contributed by atoms with E-state index < -0.39 is 16.6 Å². The van der Waals surface area contributed by atoms with Crippen LogP contribution in [0.4, 0.5) is 4.39 Å². The molecular formula is C24H24FN5O3S. The molecule has 10 heteroatoms. The highest BCUT2D eigenvalue weighted by Crippen LogP contribution is 2.27. The molecular weight excluding hydrogens is 457 g/mol. The Morgan fingerprint density at radius 3 is 2.53 bits per heavy atom. The normalized spacial score (nSPS) is 13.1. The SMILES string of the molecule is CNCc1ccc(-c2nnc(-c3cncc(-c4ccc(S(=O)C(C)CCO)cc4)n3)o2)c(F)c1. The van der Waals surface area contributed by atoms with Crippen LogP contribution in [0, 0.1) is 5.82 Å². The number of aliphatic hydroxyl groups is 1. The zero-order chi connectivity index (χ0) is 24.1. The molecule has 8 nitrogen and oxygen atoms in total. The Balaban J connectivity index is 1.56. The monoisotopic (exact) mass is 481 g/mol. The van der Waals surface area contributed by atoms with Gasteiger partial charge in [-0.2, -0.15) is 0 Å². The van der Waals surface area contributed by atoms with Gasteiger partial charge in [0.25, 0.3) is 11.8 Å². The molecule has 0 amide bonds. The van der Waals surface area contributed by atoms with Gasteiger partial charge in [-0.3, -0.25) is 9.19 Å². The Morgan fingerprint density at radius 2 is 1.82 bits per heavy atom. The van der Waals surface area contributed by atoms with Gasteiger partial charge in [0, 0.05) is 28.9 Å². The molecule has 2 aromatic heterocycles. The molecule has 0 aliphatic heterocycles. The fourth-order valence-electron chi connectivity index (χ4n) is 3.37. The molecule has 4 aromatic rings. The van der Waals surface area contributed by atoms with E-state index in [2.05, 4.69) is 25.5 Å². The van der Waals surface area contributed by atoms with Crippen LogP contribution in [0.25, 0.3) is 34.3 Å². The van der Waals surface area contributed by atoms with Crippen molar-refractivity contribution < 1.29 is 18.1 Å². The number of aliphatic hydroxyl groups excluding tert-OH is 1. The van der Waals surface area contributed by atoms with E-state index in [9.17, 15) is 8.60 Å². The van der Waals surface area contributed by atoms with Gasteiger partial charge in [0.1, 0.15) is 11.5 Å². The molecule has 2 unspecified atom stereocenters. The zero-order valence-electron chi connectivity index (χ0n) is 18.7. The molecule has 0 aliphatic carbocycles. The van der Waals surface area contributed by atoms with Gasteiger partial charge in [0.2, 0.25) is 0 Å². The summed E-state index contributed by atoms with van der Waals surface area (Å²) in [6.45, 7) is 2.39. The predicted molar refractivity (Wildman–Crippen MR) is 126 cm³/mol. The first-order valence-corrected chi connectivity index (χ1v) is 11.9. The van der Waals surface area contributed by atoms with E-state index >= 15 is 0 Å². The minimum atomic E-state index is -1.21. The molecule has 2 N–H and O–H groups in total. The molecule has 2 aromatic carbocycles. The van der Waals surface area contributed by atoms with E-state index in [0.717, 1.165) is 11.1 Å². The standard InChI is InChI=1S/C24H24FN5O3S/c1-15(9-10-31)34(32)18-6-4-17(5-7-18)21-13-27-14-22(28-21)24-30-29-23(33-24)19-8-3-16(12-26-2)11-20(19)25/h3-8,11,13-15,26,31H,9-10,12H2,1-2H3. The van der Waals surface area contributed by atoms with Crippen molar-refractivity contribution in [1.29, 1.82) is 0 Å². The van der Waals surface area contributed by atoms with Crippen molar-refractivity contribution in [3.05, 3.63) is 66.2 Å². The van der Waals surface area contributed by atoms with E-state index in [1.165, 1.54) is 12.3 Å². The Labute approximate surface area is 198 Å². The van der Waals surface area contributed by atoms with Crippen LogP contribution >= 0.6 is 0 Å². The molecule has 176 valence electrons. The fraction of sp³-hybridized carbons (Fsp3) is 0.250. The first-order valence-electron chi connectivity index (χ1n) is 10.7. The molecule has 0 radical (unpaired) electrons. The minimum absolute atomic E-state index is 0.000947. The third-order valence-electron chi connectivity index (χ3n) is 5.21. The van der Waals surface area contributed by atoms with Crippen molar-refractivity contribution in [3.8, 4) is 34.3 Å². The van der Waals surface area contributed by atoms with Crippen LogP contribution in [0.15, 0.2) is 64.2 Å². The number of nitrogens with one attached hydrogen (secondary N) is 1. The van der Waals surface area contributed by atoms with E-state index in [4.69, 9.17) is 9.52 Å². The molecule has 0 aliphatic rings. The van der Waals surface area contributed by atoms with Crippen molar-refractivity contribution >= 4 is 10.8 Å². The van der Waals surface area contributed by atoms with Gasteiger partial charge in [-0.25, -0.2) is 9.37 Å². The van der Waals surface area contributed by atoms with Crippen molar-refractivity contribution in [2.45, 2.75) is 30.0 Å². The Hall–Kier alpha value is -3.34. The third-order valence-corrected chi connectivity index (χ3v) is 6.91. The number of rotatable bonds is 9. The lowest BCUT2D eigenvalue weighted by atomic mass is 10.1. The lowest BCUT2D eigenvalue weighted by Gasteiger charge is -2.10. The summed E-state index contributed by atoms with van der Waals surface area (Å²) < 4.78 is 32.7. The van der Waals surface area contributed by atoms with E-state index in [0.29, 0.717) is 29.2 Å². The second-order valence-electron chi connectivity index (χ2n) is 7.69. The van der Waals surface area contributed by atoms with Crippen molar-refractivity contribution in [2.75, 3.05) is 13.7 Å². The predicted octanol–water partition coefficient (Wildman–Crippen LogP) is 3.60. The summed E-state index contributed by atoms with van der Waals surface area (Å²) in [5.41, 5.74) is 2.71. The molecule has 2 atom stereocenters. The average molecular weight is 482 g/mol. The highest BCUT2D eigenvalue weighted by molar-refractivity contribution is 7.85. The molecule has 0 fully saturated rings. The lowest BCUT2D eigenvalue weighted by molar-refractivity contribution is 0.288. The summed E-state index contributed by atoms with van der Waals surface area (Å²) >= 11 is 0. The third kappa shape index (κ3) is 5.24. The largest absolute Gasteiger partial charge is 0.414 e. The van der Waals surface area contributed by atoms with Crippen LogP contribution < -0.4 is 5.32 Å². The number of aromatic nitrogens is 4. The van der Waals surface area contributed by atoms with Crippen LogP contribution in [0.5, 0.6) is 0 Å². The van der Waals surface area contributed by atoms with Gasteiger partial charge in [-0.15, -0.1) is 10.2 Å². The summed E-state index contributed by atoms with van der Waals surface area (Å²) in [5, 5.41) is 19.9. The van der Waals surface area contributed by atoms with Gasteiger partial charge in [-0.05, 0) is 43.3 Å². The topological polar surface area (TPSA) is 114 Å². The molecule has 0 saturated heterocycles. The molecule has 0 spiro atoms. The van der Waals surface area contributed by atoms with Crippen LogP contribution in [-0.2, 0) is 17.3 Å². The highest BCUT2D eigenvalue weighted by atomic mass is 32.2. The van der Waals surface area contributed by atoms with Crippen LogP contribution in [0.3, 0.4) is 0 Å². The molecule has 4 rings (SSSR count). The second kappa shape index (κ2) is 10.7. The van der Waals surface area contributed by atoms with Gasteiger partial charge < -0.3 is 14.8 Å². The van der Waals surface area contributed by atoms with E-state index in [1.807, 2.05) is 19.1 Å². The summed E-state index contributed by atoms with van der Waals surface area (Å²) in [4.78, 5) is 9.45. The van der Waals surface area contributed by atoms with Crippen molar-refractivity contribution in [1.82, 2.24) is 25.5 Å². The maximum absolute atomic E-state index is 14.5. The zero-order valence-corrected chi connectivity index (χ0v) is 19.6. The Kier molecular flexibility index (Phi) is 7.51. The second-order valence-corrected chi connectivity index (χ2v) is 9.56. The van der Waals surface area contributed by atoms with E-state index in [-0.39, 0.29) is 29.2 Å². The number of hydrogen-bond donors (Lipinski definition) is 2. The van der Waals surface area contributed by atoms with Gasteiger partial charge >= 0.3 is 0 Å². The number of halogens is 1. The maximum Gasteiger partial charge on any atom is 0.268 e. The quantitative estimate of drug-likeness (QED) is 0.373. The van der Waals surface area contributed by atoms with E-state index in [1.54, 1.807) is 37.5 Å². The van der Waals surface area contributed by atoms with Crippen molar-refractivity contribution in [2.24, 2.45) is 0 Å². The number of benzene rings is 2. The molecule has 2 heterocycles. The summed E-state index contributed by atoms with van der Waals surface area (Å²) in [6, 6.07) is 12.0.